The maximum absolute atomic E-state index is 6.16. The summed E-state index contributed by atoms with van der Waals surface area (Å²) in [5, 5.41) is 0.706. The van der Waals surface area contributed by atoms with Crippen molar-refractivity contribution in [2.24, 2.45) is 5.73 Å². The number of aromatic nitrogens is 2. The van der Waals surface area contributed by atoms with E-state index in [1.807, 2.05) is 29.7 Å². The normalized spacial score (nSPS) is 13.3. The van der Waals surface area contributed by atoms with Crippen molar-refractivity contribution in [3.8, 4) is 0 Å². The fourth-order valence-electron chi connectivity index (χ4n) is 1.76. The number of aryl methyl sites for hydroxylation is 1. The van der Waals surface area contributed by atoms with Crippen LogP contribution in [-0.2, 0) is 6.42 Å². The lowest BCUT2D eigenvalue weighted by Gasteiger charge is -2.03. The molecule has 0 fully saturated rings. The van der Waals surface area contributed by atoms with Crippen molar-refractivity contribution in [1.29, 1.82) is 0 Å². The third-order valence-electron chi connectivity index (χ3n) is 2.46. The molecule has 2 heterocycles. The van der Waals surface area contributed by atoms with Crippen molar-refractivity contribution in [1.82, 2.24) is 9.38 Å². The Labute approximate surface area is 93.9 Å². The minimum atomic E-state index is -0.0970. The van der Waals surface area contributed by atoms with Crippen molar-refractivity contribution in [3.63, 3.8) is 0 Å². The summed E-state index contributed by atoms with van der Waals surface area (Å²) in [5.41, 5.74) is 7.69. The van der Waals surface area contributed by atoms with Crippen molar-refractivity contribution in [2.75, 3.05) is 0 Å². The summed E-state index contributed by atoms with van der Waals surface area (Å²) in [6.07, 6.45) is 2.84. The van der Waals surface area contributed by atoms with E-state index in [-0.39, 0.29) is 6.04 Å². The standard InChI is InChI=1S/C11H14ClN3/c1-3-9-14-10(7(2)13)11-8(12)5-4-6-15(9)11/h4-7H,3,13H2,1-2H3. The number of nitrogens with two attached hydrogens (primary N) is 1. The predicted molar refractivity (Wildman–Crippen MR) is 62.2 cm³/mol. The molecule has 4 heteroatoms. The Kier molecular flexibility index (Phi) is 2.67. The van der Waals surface area contributed by atoms with Gasteiger partial charge in [-0.15, -0.1) is 0 Å². The highest BCUT2D eigenvalue weighted by atomic mass is 35.5. The lowest BCUT2D eigenvalue weighted by atomic mass is 10.2. The van der Waals surface area contributed by atoms with Crippen molar-refractivity contribution in [3.05, 3.63) is 34.9 Å². The number of pyridine rings is 1. The van der Waals surface area contributed by atoms with Gasteiger partial charge in [-0.2, -0.15) is 0 Å². The number of hydrogen-bond acceptors (Lipinski definition) is 2. The van der Waals surface area contributed by atoms with Crippen LogP contribution < -0.4 is 5.73 Å². The average Bonchev–Trinajstić information content (AvgIpc) is 2.58. The summed E-state index contributed by atoms with van der Waals surface area (Å²) in [5.74, 6) is 1.000. The van der Waals surface area contributed by atoms with E-state index < -0.39 is 0 Å². The molecule has 0 saturated carbocycles. The molecule has 0 aliphatic heterocycles. The zero-order valence-corrected chi connectivity index (χ0v) is 9.62. The molecule has 15 heavy (non-hydrogen) atoms. The molecule has 0 spiro atoms. The van der Waals surface area contributed by atoms with Crippen molar-refractivity contribution >= 4 is 17.1 Å². The van der Waals surface area contributed by atoms with Gasteiger partial charge in [0.25, 0.3) is 0 Å². The van der Waals surface area contributed by atoms with Gasteiger partial charge >= 0.3 is 0 Å². The SMILES string of the molecule is CCc1nc(C(C)N)c2c(Cl)cccn12. The maximum atomic E-state index is 6.16. The van der Waals surface area contributed by atoms with Crippen LogP contribution in [0.2, 0.25) is 5.02 Å². The number of nitrogens with zero attached hydrogens (tertiary/aromatic N) is 2. The number of halogens is 1. The summed E-state index contributed by atoms with van der Waals surface area (Å²) in [6.45, 7) is 3.99. The molecule has 2 N–H and O–H groups in total. The van der Waals surface area contributed by atoms with Crippen LogP contribution >= 0.6 is 11.6 Å². The Hall–Kier alpha value is -1.06. The number of hydrogen-bond donors (Lipinski definition) is 1. The second-order valence-electron chi connectivity index (χ2n) is 3.63. The van der Waals surface area contributed by atoms with Crippen molar-refractivity contribution < 1.29 is 0 Å². The Morgan fingerprint density at radius 3 is 2.93 bits per heavy atom. The molecule has 1 atom stereocenters. The van der Waals surface area contributed by atoms with Gasteiger partial charge in [-0.1, -0.05) is 18.5 Å². The first-order chi connectivity index (χ1) is 7.15. The van der Waals surface area contributed by atoms with E-state index in [1.54, 1.807) is 0 Å². The first-order valence-electron chi connectivity index (χ1n) is 5.06. The molecule has 0 aliphatic carbocycles. The summed E-state index contributed by atoms with van der Waals surface area (Å²) in [7, 11) is 0. The van der Waals surface area contributed by atoms with E-state index >= 15 is 0 Å². The molecule has 0 radical (unpaired) electrons. The zero-order chi connectivity index (χ0) is 11.0. The molecule has 2 aromatic heterocycles. The van der Waals surface area contributed by atoms with Crippen LogP contribution in [0.1, 0.15) is 31.4 Å². The molecule has 2 rings (SSSR count). The first-order valence-corrected chi connectivity index (χ1v) is 5.43. The second kappa shape index (κ2) is 3.83. The molecule has 0 bridgehead atoms. The van der Waals surface area contributed by atoms with Gasteiger partial charge in [0.1, 0.15) is 5.82 Å². The highest BCUT2D eigenvalue weighted by molar-refractivity contribution is 6.34. The fourth-order valence-corrected chi connectivity index (χ4v) is 2.02. The lowest BCUT2D eigenvalue weighted by molar-refractivity contribution is 0.788. The summed E-state index contributed by atoms with van der Waals surface area (Å²) < 4.78 is 2.01. The Morgan fingerprint density at radius 1 is 1.60 bits per heavy atom. The van der Waals surface area contributed by atoms with Crippen LogP contribution in [0.5, 0.6) is 0 Å². The number of rotatable bonds is 2. The third kappa shape index (κ3) is 1.62. The highest BCUT2D eigenvalue weighted by Crippen LogP contribution is 2.25. The quantitative estimate of drug-likeness (QED) is 0.851. The Balaban J connectivity index is 2.82. The number of imidazole rings is 1. The van der Waals surface area contributed by atoms with Crippen LogP contribution in [0.25, 0.3) is 5.52 Å². The van der Waals surface area contributed by atoms with Crippen LogP contribution in [-0.4, -0.2) is 9.38 Å². The molecule has 3 nitrogen and oxygen atoms in total. The summed E-state index contributed by atoms with van der Waals surface area (Å²) in [6, 6.07) is 3.69. The van der Waals surface area contributed by atoms with Crippen molar-refractivity contribution in [2.45, 2.75) is 26.3 Å². The van der Waals surface area contributed by atoms with Crippen LogP contribution in [0.15, 0.2) is 18.3 Å². The summed E-state index contributed by atoms with van der Waals surface area (Å²) in [4.78, 5) is 4.52. The molecule has 1 unspecified atom stereocenters. The highest BCUT2D eigenvalue weighted by Gasteiger charge is 2.14. The van der Waals surface area contributed by atoms with Crippen LogP contribution in [0, 0.1) is 0 Å². The largest absolute Gasteiger partial charge is 0.323 e. The summed E-state index contributed by atoms with van der Waals surface area (Å²) >= 11 is 6.16. The fraction of sp³-hybridized carbons (Fsp3) is 0.364. The predicted octanol–water partition coefficient (Wildman–Crippen LogP) is 2.57. The van der Waals surface area contributed by atoms with E-state index in [0.717, 1.165) is 23.5 Å². The van der Waals surface area contributed by atoms with Crippen LogP contribution in [0.3, 0.4) is 0 Å². The first kappa shape index (κ1) is 10.5. The molecule has 2 aromatic rings. The molecule has 0 amide bonds. The Morgan fingerprint density at radius 2 is 2.33 bits per heavy atom. The van der Waals surface area contributed by atoms with Gasteiger partial charge in [0.15, 0.2) is 0 Å². The van der Waals surface area contributed by atoms with Gasteiger partial charge in [0, 0.05) is 18.7 Å². The second-order valence-corrected chi connectivity index (χ2v) is 4.04. The van der Waals surface area contributed by atoms with Gasteiger partial charge in [-0.3, -0.25) is 0 Å². The van der Waals surface area contributed by atoms with E-state index in [2.05, 4.69) is 11.9 Å². The molecular weight excluding hydrogens is 210 g/mol. The molecule has 0 aromatic carbocycles. The minimum absolute atomic E-state index is 0.0970. The van der Waals surface area contributed by atoms with E-state index in [0.29, 0.717) is 5.02 Å². The smallest absolute Gasteiger partial charge is 0.113 e. The minimum Gasteiger partial charge on any atom is -0.323 e. The lowest BCUT2D eigenvalue weighted by Crippen LogP contribution is -2.06. The van der Waals surface area contributed by atoms with Gasteiger partial charge in [0.05, 0.1) is 16.2 Å². The molecule has 0 saturated heterocycles. The van der Waals surface area contributed by atoms with Crippen LogP contribution in [0.4, 0.5) is 0 Å². The monoisotopic (exact) mass is 223 g/mol. The van der Waals surface area contributed by atoms with Gasteiger partial charge in [-0.05, 0) is 19.1 Å². The topological polar surface area (TPSA) is 43.3 Å². The number of fused-ring (bicyclic) bond motifs is 1. The third-order valence-corrected chi connectivity index (χ3v) is 2.77. The van der Waals surface area contributed by atoms with Gasteiger partial charge < -0.3 is 10.1 Å². The molecule has 0 aliphatic rings. The maximum Gasteiger partial charge on any atom is 0.113 e. The average molecular weight is 224 g/mol. The molecule has 80 valence electrons. The van der Waals surface area contributed by atoms with E-state index in [4.69, 9.17) is 17.3 Å². The zero-order valence-electron chi connectivity index (χ0n) is 8.87. The van der Waals surface area contributed by atoms with E-state index in [9.17, 15) is 0 Å². The Bertz CT molecular complexity index is 488. The van der Waals surface area contributed by atoms with E-state index in [1.165, 1.54) is 0 Å². The van der Waals surface area contributed by atoms with Gasteiger partial charge in [0.2, 0.25) is 0 Å². The molecular formula is C11H14ClN3. The van der Waals surface area contributed by atoms with Gasteiger partial charge in [-0.25, -0.2) is 4.98 Å².